The third-order valence-corrected chi connectivity index (χ3v) is 2.73. The van der Waals surface area contributed by atoms with Crippen molar-refractivity contribution in [2.45, 2.75) is 6.54 Å². The van der Waals surface area contributed by atoms with Gasteiger partial charge in [-0.1, -0.05) is 30.5 Å². The highest BCUT2D eigenvalue weighted by Crippen LogP contribution is 2.17. The summed E-state index contributed by atoms with van der Waals surface area (Å²) >= 11 is 1.37. The summed E-state index contributed by atoms with van der Waals surface area (Å²) in [5, 5.41) is 2.41. The molecule has 0 fully saturated rings. The number of thioether (sulfide) groups is 1. The fourth-order valence-corrected chi connectivity index (χ4v) is 1.70. The maximum Gasteiger partial charge on any atom is 0.128 e. The van der Waals surface area contributed by atoms with Crippen molar-refractivity contribution < 1.29 is 4.39 Å². The van der Waals surface area contributed by atoms with E-state index in [9.17, 15) is 4.39 Å². The first kappa shape index (κ1) is 11.9. The fraction of sp³-hybridized carbons (Fsp3) is 0.182. The van der Waals surface area contributed by atoms with E-state index in [1.165, 1.54) is 17.8 Å². The van der Waals surface area contributed by atoms with Gasteiger partial charge in [-0.2, -0.15) is 0 Å². The number of rotatable bonds is 3. The van der Waals surface area contributed by atoms with Gasteiger partial charge >= 0.3 is 0 Å². The average Bonchev–Trinajstić information content (AvgIpc) is 2.25. The normalized spacial score (nSPS) is 11.5. The van der Waals surface area contributed by atoms with Gasteiger partial charge in [-0.15, -0.1) is 0 Å². The van der Waals surface area contributed by atoms with Gasteiger partial charge in [0.2, 0.25) is 0 Å². The van der Waals surface area contributed by atoms with Gasteiger partial charge in [0.05, 0.1) is 0 Å². The Morgan fingerprint density at radius 1 is 1.67 bits per heavy atom. The summed E-state index contributed by atoms with van der Waals surface area (Å²) in [6.45, 7) is 3.81. The first-order valence-electron chi connectivity index (χ1n) is 4.46. The molecule has 0 aromatic heterocycles. The first-order valence-corrected chi connectivity index (χ1v) is 5.34. The molecule has 15 heavy (non-hydrogen) atoms. The molecular formula is C11H13FN2S. The fourth-order valence-electron chi connectivity index (χ4n) is 1.17. The van der Waals surface area contributed by atoms with Crippen LogP contribution in [-0.2, 0) is 6.54 Å². The van der Waals surface area contributed by atoms with Crippen LogP contribution in [0.25, 0.3) is 0 Å². The molecular weight excluding hydrogens is 211 g/mol. The van der Waals surface area contributed by atoms with Crippen molar-refractivity contribution in [3.05, 3.63) is 47.1 Å². The van der Waals surface area contributed by atoms with Crippen LogP contribution in [0.15, 0.2) is 35.2 Å². The van der Waals surface area contributed by atoms with E-state index in [1.54, 1.807) is 18.5 Å². The summed E-state index contributed by atoms with van der Waals surface area (Å²) in [4.78, 5) is 4.06. The molecule has 0 heterocycles. The molecule has 4 heteroatoms. The SMILES string of the molecule is C=CSC(=NC)c1ccc(CN)c(F)c1. The maximum atomic E-state index is 13.4. The van der Waals surface area contributed by atoms with Gasteiger partial charge in [0, 0.05) is 24.7 Å². The molecule has 1 rings (SSSR count). The number of aliphatic imine (C=N–C) groups is 1. The van der Waals surface area contributed by atoms with Crippen LogP contribution in [0.2, 0.25) is 0 Å². The molecule has 0 unspecified atom stereocenters. The lowest BCUT2D eigenvalue weighted by molar-refractivity contribution is 0.610. The highest BCUT2D eigenvalue weighted by molar-refractivity contribution is 8.16. The predicted molar refractivity (Wildman–Crippen MR) is 64.5 cm³/mol. The van der Waals surface area contributed by atoms with Crippen LogP contribution in [-0.4, -0.2) is 12.1 Å². The van der Waals surface area contributed by atoms with Gasteiger partial charge in [0.1, 0.15) is 10.9 Å². The van der Waals surface area contributed by atoms with Crippen LogP contribution in [0.1, 0.15) is 11.1 Å². The summed E-state index contributed by atoms with van der Waals surface area (Å²) < 4.78 is 13.4. The van der Waals surface area contributed by atoms with E-state index in [0.717, 1.165) is 10.6 Å². The minimum Gasteiger partial charge on any atom is -0.326 e. The van der Waals surface area contributed by atoms with Crippen LogP contribution >= 0.6 is 11.8 Å². The zero-order valence-electron chi connectivity index (χ0n) is 8.53. The van der Waals surface area contributed by atoms with Crippen molar-refractivity contribution in [3.8, 4) is 0 Å². The number of hydrogen-bond acceptors (Lipinski definition) is 3. The van der Waals surface area contributed by atoms with Gasteiger partial charge < -0.3 is 5.73 Å². The van der Waals surface area contributed by atoms with E-state index in [4.69, 9.17) is 5.73 Å². The highest BCUT2D eigenvalue weighted by Gasteiger charge is 2.06. The number of halogens is 1. The monoisotopic (exact) mass is 224 g/mol. The van der Waals surface area contributed by atoms with Gasteiger partial charge in [0.15, 0.2) is 0 Å². The van der Waals surface area contributed by atoms with Gasteiger partial charge in [0.25, 0.3) is 0 Å². The zero-order valence-corrected chi connectivity index (χ0v) is 9.35. The molecule has 0 spiro atoms. The van der Waals surface area contributed by atoms with E-state index >= 15 is 0 Å². The van der Waals surface area contributed by atoms with Crippen LogP contribution in [0.5, 0.6) is 0 Å². The lowest BCUT2D eigenvalue weighted by Crippen LogP contribution is -2.02. The number of nitrogens with zero attached hydrogens (tertiary/aromatic N) is 1. The van der Waals surface area contributed by atoms with Crippen molar-refractivity contribution in [2.24, 2.45) is 10.7 Å². The van der Waals surface area contributed by atoms with Crippen molar-refractivity contribution in [1.29, 1.82) is 0 Å². The van der Waals surface area contributed by atoms with E-state index in [0.29, 0.717) is 5.56 Å². The Bertz CT molecular complexity index is 388. The van der Waals surface area contributed by atoms with Crippen molar-refractivity contribution >= 4 is 16.8 Å². The van der Waals surface area contributed by atoms with Crippen LogP contribution in [0, 0.1) is 5.82 Å². The second kappa shape index (κ2) is 5.68. The predicted octanol–water partition coefficient (Wildman–Crippen LogP) is 2.54. The molecule has 2 nitrogen and oxygen atoms in total. The second-order valence-electron chi connectivity index (χ2n) is 2.82. The molecule has 0 aliphatic rings. The molecule has 0 radical (unpaired) electrons. The highest BCUT2D eigenvalue weighted by atomic mass is 32.2. The van der Waals surface area contributed by atoms with E-state index in [1.807, 2.05) is 6.07 Å². The van der Waals surface area contributed by atoms with Crippen molar-refractivity contribution in [2.75, 3.05) is 7.05 Å². The lowest BCUT2D eigenvalue weighted by atomic mass is 10.1. The quantitative estimate of drug-likeness (QED) is 0.633. The molecule has 0 aliphatic carbocycles. The molecule has 0 bridgehead atoms. The number of nitrogens with two attached hydrogens (primary N) is 1. The van der Waals surface area contributed by atoms with Crippen molar-refractivity contribution in [1.82, 2.24) is 0 Å². The molecule has 0 amide bonds. The Morgan fingerprint density at radius 2 is 2.40 bits per heavy atom. The van der Waals surface area contributed by atoms with E-state index < -0.39 is 0 Å². The number of benzene rings is 1. The summed E-state index contributed by atoms with van der Waals surface area (Å²) in [6.07, 6.45) is 0. The van der Waals surface area contributed by atoms with Gasteiger partial charge in [-0.05, 0) is 11.5 Å². The van der Waals surface area contributed by atoms with Crippen LogP contribution in [0.4, 0.5) is 4.39 Å². The molecule has 1 aromatic rings. The summed E-state index contributed by atoms with van der Waals surface area (Å²) in [7, 11) is 1.67. The second-order valence-corrected chi connectivity index (χ2v) is 3.78. The Kier molecular flexibility index (Phi) is 4.52. The molecule has 0 saturated carbocycles. The van der Waals surface area contributed by atoms with Gasteiger partial charge in [-0.25, -0.2) is 4.39 Å². The molecule has 0 aliphatic heterocycles. The minimum atomic E-state index is -0.291. The smallest absolute Gasteiger partial charge is 0.128 e. The topological polar surface area (TPSA) is 38.4 Å². The molecule has 0 saturated heterocycles. The van der Waals surface area contributed by atoms with Crippen LogP contribution < -0.4 is 5.73 Å². The molecule has 80 valence electrons. The Morgan fingerprint density at radius 3 is 2.87 bits per heavy atom. The zero-order chi connectivity index (χ0) is 11.3. The van der Waals surface area contributed by atoms with Crippen molar-refractivity contribution in [3.63, 3.8) is 0 Å². The summed E-state index contributed by atoms with van der Waals surface area (Å²) in [6, 6.07) is 4.94. The molecule has 2 N–H and O–H groups in total. The first-order chi connectivity index (χ1) is 7.22. The number of hydrogen-bond donors (Lipinski definition) is 1. The average molecular weight is 224 g/mol. The largest absolute Gasteiger partial charge is 0.326 e. The lowest BCUT2D eigenvalue weighted by Gasteiger charge is -2.05. The third kappa shape index (κ3) is 2.91. The standard InChI is InChI=1S/C11H13FN2S/c1-3-15-11(14-2)8-4-5-9(7-13)10(12)6-8/h3-6H,1,7,13H2,2H3. The van der Waals surface area contributed by atoms with E-state index in [2.05, 4.69) is 11.6 Å². The maximum absolute atomic E-state index is 13.4. The Labute approximate surface area is 93.1 Å². The molecule has 1 aromatic carbocycles. The Hall–Kier alpha value is -1.13. The summed E-state index contributed by atoms with van der Waals surface area (Å²) in [5.74, 6) is -0.291. The van der Waals surface area contributed by atoms with Gasteiger partial charge in [-0.3, -0.25) is 4.99 Å². The molecule has 0 atom stereocenters. The van der Waals surface area contributed by atoms with E-state index in [-0.39, 0.29) is 12.4 Å². The third-order valence-electron chi connectivity index (χ3n) is 1.92. The summed E-state index contributed by atoms with van der Waals surface area (Å²) in [5.41, 5.74) is 6.64. The van der Waals surface area contributed by atoms with Crippen LogP contribution in [0.3, 0.4) is 0 Å². The minimum absolute atomic E-state index is 0.208. The Balaban J connectivity index is 3.05.